The first-order chi connectivity index (χ1) is 15.4. The van der Waals surface area contributed by atoms with Crippen LogP contribution in [0.15, 0.2) is 71.6 Å². The number of halogens is 2. The number of anilines is 3. The molecule has 0 aliphatic rings. The fourth-order valence-electron chi connectivity index (χ4n) is 2.96. The molecule has 0 fully saturated rings. The molecule has 1 heterocycles. The molecule has 7 nitrogen and oxygen atoms in total. The molecule has 0 aliphatic carbocycles. The number of para-hydroxylation sites is 2. The maximum absolute atomic E-state index is 13.1. The lowest BCUT2D eigenvalue weighted by Gasteiger charge is -2.15. The molecule has 0 unspecified atom stereocenters. The molecule has 3 aromatic carbocycles. The van der Waals surface area contributed by atoms with Crippen LogP contribution in [-0.4, -0.2) is 25.0 Å². The van der Waals surface area contributed by atoms with Gasteiger partial charge in [0.1, 0.15) is 10.6 Å². The summed E-state index contributed by atoms with van der Waals surface area (Å²) in [6.07, 6.45) is 0. The molecule has 2 N–H and O–H groups in total. The number of nitrogens with one attached hydrogen (secondary N) is 2. The minimum Gasteiger partial charge on any atom is -0.494 e. The summed E-state index contributed by atoms with van der Waals surface area (Å²) in [4.78, 5) is 8.86. The third kappa shape index (κ3) is 4.88. The van der Waals surface area contributed by atoms with E-state index >= 15 is 0 Å². The molecule has 0 spiro atoms. The van der Waals surface area contributed by atoms with Gasteiger partial charge in [0.2, 0.25) is 0 Å². The molecule has 0 aliphatic heterocycles. The zero-order chi connectivity index (χ0) is 22.7. The normalized spacial score (nSPS) is 11.3. The predicted molar refractivity (Wildman–Crippen MR) is 128 cm³/mol. The van der Waals surface area contributed by atoms with Gasteiger partial charge >= 0.3 is 0 Å². The Balaban J connectivity index is 1.75. The summed E-state index contributed by atoms with van der Waals surface area (Å²) in [7, 11) is -4.09. The van der Waals surface area contributed by atoms with Crippen molar-refractivity contribution >= 4 is 61.6 Å². The number of hydrogen-bond acceptors (Lipinski definition) is 6. The number of nitrogens with zero attached hydrogens (tertiary/aromatic N) is 2. The van der Waals surface area contributed by atoms with Crippen LogP contribution in [0.5, 0.6) is 5.75 Å². The van der Waals surface area contributed by atoms with Gasteiger partial charge in [-0.3, -0.25) is 4.72 Å². The highest BCUT2D eigenvalue weighted by atomic mass is 35.5. The lowest BCUT2D eigenvalue weighted by molar-refractivity contribution is 0.340. The molecule has 0 amide bonds. The zero-order valence-electron chi connectivity index (χ0n) is 16.8. The minimum atomic E-state index is -4.09. The van der Waals surface area contributed by atoms with Crippen molar-refractivity contribution in [3.8, 4) is 5.75 Å². The summed E-state index contributed by atoms with van der Waals surface area (Å²) in [5, 5.41) is 3.40. The monoisotopic (exact) mass is 488 g/mol. The van der Waals surface area contributed by atoms with Gasteiger partial charge in [-0.05, 0) is 61.5 Å². The van der Waals surface area contributed by atoms with E-state index in [2.05, 4.69) is 20.0 Å². The summed E-state index contributed by atoms with van der Waals surface area (Å²) >= 11 is 12.1. The largest absolute Gasteiger partial charge is 0.494 e. The van der Waals surface area contributed by atoms with Gasteiger partial charge in [0.15, 0.2) is 11.6 Å². The van der Waals surface area contributed by atoms with Crippen molar-refractivity contribution in [2.24, 2.45) is 0 Å². The minimum absolute atomic E-state index is 0.0219. The van der Waals surface area contributed by atoms with Gasteiger partial charge in [0.25, 0.3) is 10.0 Å². The second-order valence-electron chi connectivity index (χ2n) is 6.67. The van der Waals surface area contributed by atoms with Gasteiger partial charge in [-0.1, -0.05) is 35.3 Å². The van der Waals surface area contributed by atoms with E-state index in [-0.39, 0.29) is 26.6 Å². The molecule has 164 valence electrons. The quantitative estimate of drug-likeness (QED) is 0.337. The van der Waals surface area contributed by atoms with Gasteiger partial charge in [-0.15, -0.1) is 0 Å². The predicted octanol–water partition coefficient (Wildman–Crippen LogP) is 5.88. The number of aromatic nitrogens is 2. The van der Waals surface area contributed by atoms with Gasteiger partial charge < -0.3 is 10.1 Å². The first kappa shape index (κ1) is 22.1. The number of fused-ring (bicyclic) bond motifs is 1. The van der Waals surface area contributed by atoms with E-state index in [1.165, 1.54) is 18.2 Å². The van der Waals surface area contributed by atoms with Crippen LogP contribution in [0.3, 0.4) is 0 Å². The molecule has 0 atom stereocenters. The Bertz CT molecular complexity index is 1380. The standard InChI is InChI=1S/C22H18Cl2N4O3S/c1-2-31-16-10-8-15(9-11-16)25-21-22(27-19-6-4-3-5-18(19)26-21)28-32(29,30)20-13-14(23)7-12-17(20)24/h3-13H,2H2,1H3,(H,25,26)(H,27,28). The van der Waals surface area contributed by atoms with E-state index in [0.717, 1.165) is 5.75 Å². The number of rotatable bonds is 7. The molecule has 0 saturated heterocycles. The van der Waals surface area contributed by atoms with E-state index in [0.29, 0.717) is 23.3 Å². The number of hydrogen-bond donors (Lipinski definition) is 2. The average molecular weight is 489 g/mol. The van der Waals surface area contributed by atoms with E-state index < -0.39 is 10.0 Å². The van der Waals surface area contributed by atoms with Crippen molar-refractivity contribution in [1.82, 2.24) is 9.97 Å². The topological polar surface area (TPSA) is 93.2 Å². The summed E-state index contributed by atoms with van der Waals surface area (Å²) in [6.45, 7) is 2.46. The number of ether oxygens (including phenoxy) is 1. The van der Waals surface area contributed by atoms with Crippen molar-refractivity contribution in [3.63, 3.8) is 0 Å². The molecule has 10 heteroatoms. The fraction of sp³-hybridized carbons (Fsp3) is 0.0909. The number of benzene rings is 3. The summed E-state index contributed by atoms with van der Waals surface area (Å²) in [5.74, 6) is 0.974. The first-order valence-corrected chi connectivity index (χ1v) is 11.8. The first-order valence-electron chi connectivity index (χ1n) is 9.60. The highest BCUT2D eigenvalue weighted by molar-refractivity contribution is 7.92. The second kappa shape index (κ2) is 9.20. The summed E-state index contributed by atoms with van der Waals surface area (Å²) in [6, 6.07) is 18.6. The van der Waals surface area contributed by atoms with Crippen molar-refractivity contribution in [1.29, 1.82) is 0 Å². The van der Waals surface area contributed by atoms with E-state index in [1.54, 1.807) is 42.5 Å². The highest BCUT2D eigenvalue weighted by Gasteiger charge is 2.22. The Morgan fingerprint density at radius 2 is 1.56 bits per heavy atom. The van der Waals surface area contributed by atoms with Crippen LogP contribution in [-0.2, 0) is 10.0 Å². The maximum atomic E-state index is 13.1. The van der Waals surface area contributed by atoms with Crippen molar-refractivity contribution in [2.45, 2.75) is 11.8 Å². The molecule has 0 radical (unpaired) electrons. The molecule has 4 rings (SSSR count). The van der Waals surface area contributed by atoms with Crippen LogP contribution in [0.4, 0.5) is 17.3 Å². The summed E-state index contributed by atoms with van der Waals surface area (Å²) in [5.41, 5.74) is 1.81. The third-order valence-corrected chi connectivity index (χ3v) is 6.47. The maximum Gasteiger partial charge on any atom is 0.264 e. The van der Waals surface area contributed by atoms with E-state index in [9.17, 15) is 8.42 Å². The van der Waals surface area contributed by atoms with Crippen LogP contribution in [0, 0.1) is 0 Å². The molecule has 4 aromatic rings. The van der Waals surface area contributed by atoms with Crippen molar-refractivity contribution in [2.75, 3.05) is 16.6 Å². The van der Waals surface area contributed by atoms with Crippen molar-refractivity contribution < 1.29 is 13.2 Å². The Labute approximate surface area is 195 Å². The van der Waals surface area contributed by atoms with Crippen LogP contribution >= 0.6 is 23.2 Å². The van der Waals surface area contributed by atoms with Gasteiger partial charge in [-0.25, -0.2) is 18.4 Å². The van der Waals surface area contributed by atoms with Crippen LogP contribution in [0.2, 0.25) is 10.0 Å². The van der Waals surface area contributed by atoms with Gasteiger partial charge in [0, 0.05) is 10.7 Å². The average Bonchev–Trinajstić information content (AvgIpc) is 2.77. The SMILES string of the molecule is CCOc1ccc(Nc2nc3ccccc3nc2NS(=O)(=O)c2cc(Cl)ccc2Cl)cc1. The van der Waals surface area contributed by atoms with Gasteiger partial charge in [0.05, 0.1) is 22.7 Å². The Morgan fingerprint density at radius 1 is 0.906 bits per heavy atom. The third-order valence-electron chi connectivity index (χ3n) is 4.41. The molecular formula is C22H18Cl2N4O3S. The Morgan fingerprint density at radius 3 is 2.22 bits per heavy atom. The zero-order valence-corrected chi connectivity index (χ0v) is 19.2. The number of sulfonamides is 1. The smallest absolute Gasteiger partial charge is 0.264 e. The molecule has 32 heavy (non-hydrogen) atoms. The Hall–Kier alpha value is -3.07. The molecule has 0 bridgehead atoms. The molecule has 1 aromatic heterocycles. The lowest BCUT2D eigenvalue weighted by Crippen LogP contribution is -2.16. The van der Waals surface area contributed by atoms with Crippen LogP contribution in [0.1, 0.15) is 6.92 Å². The second-order valence-corrected chi connectivity index (χ2v) is 9.17. The van der Waals surface area contributed by atoms with E-state index in [1.807, 2.05) is 13.0 Å². The lowest BCUT2D eigenvalue weighted by atomic mass is 10.3. The van der Waals surface area contributed by atoms with Crippen molar-refractivity contribution in [3.05, 3.63) is 76.8 Å². The van der Waals surface area contributed by atoms with Crippen LogP contribution < -0.4 is 14.8 Å². The fourth-order valence-corrected chi connectivity index (χ4v) is 4.73. The molecular weight excluding hydrogens is 471 g/mol. The summed E-state index contributed by atoms with van der Waals surface area (Å²) < 4.78 is 34.1. The Kier molecular flexibility index (Phi) is 6.36. The molecule has 0 saturated carbocycles. The van der Waals surface area contributed by atoms with Crippen LogP contribution in [0.25, 0.3) is 11.0 Å². The highest BCUT2D eigenvalue weighted by Crippen LogP contribution is 2.30. The van der Waals surface area contributed by atoms with E-state index in [4.69, 9.17) is 27.9 Å². The van der Waals surface area contributed by atoms with Gasteiger partial charge in [-0.2, -0.15) is 0 Å².